The summed E-state index contributed by atoms with van der Waals surface area (Å²) in [4.78, 5) is 8.92. The molecule has 222 valence electrons. The van der Waals surface area contributed by atoms with E-state index in [-0.39, 0.29) is 41.1 Å². The molecule has 0 radical (unpaired) electrons. The number of fused-ring (bicyclic) bond motifs is 1. The molecule has 1 aromatic carbocycles. The van der Waals surface area contributed by atoms with Crippen LogP contribution in [0.3, 0.4) is 0 Å². The minimum atomic E-state index is -4.67. The third kappa shape index (κ3) is 5.35. The lowest BCUT2D eigenvalue weighted by molar-refractivity contribution is -0.141. The molecule has 0 amide bonds. The van der Waals surface area contributed by atoms with Crippen LogP contribution in [0.15, 0.2) is 42.7 Å². The summed E-state index contributed by atoms with van der Waals surface area (Å²) in [7, 11) is 1.22. The highest BCUT2D eigenvalue weighted by molar-refractivity contribution is 5.73. The first kappa shape index (κ1) is 28.9. The molecular weight excluding hydrogens is 568 g/mol. The van der Waals surface area contributed by atoms with E-state index in [0.29, 0.717) is 11.3 Å². The predicted molar refractivity (Wildman–Crippen MR) is 138 cm³/mol. The molecule has 0 bridgehead atoms. The van der Waals surface area contributed by atoms with E-state index in [9.17, 15) is 26.3 Å². The monoisotopic (exact) mass is 593 g/mol. The Morgan fingerprint density at radius 2 is 1.69 bits per heavy atom. The van der Waals surface area contributed by atoms with Gasteiger partial charge >= 0.3 is 12.4 Å². The first-order valence-electron chi connectivity index (χ1n) is 12.6. The highest BCUT2D eigenvalue weighted by Gasteiger charge is 2.35. The number of benzene rings is 1. The fourth-order valence-corrected chi connectivity index (χ4v) is 4.60. The van der Waals surface area contributed by atoms with E-state index in [4.69, 9.17) is 10.1 Å². The molecule has 0 saturated carbocycles. The number of rotatable bonds is 7. The summed E-state index contributed by atoms with van der Waals surface area (Å²) in [5.41, 5.74) is 0.746. The number of ether oxygens (including phenoxy) is 1. The van der Waals surface area contributed by atoms with Crippen LogP contribution >= 0.6 is 0 Å². The van der Waals surface area contributed by atoms with Crippen LogP contribution in [0.1, 0.15) is 36.7 Å². The van der Waals surface area contributed by atoms with Crippen molar-refractivity contribution in [2.45, 2.75) is 52.3 Å². The predicted octanol–water partition coefficient (Wildman–Crippen LogP) is 5.29. The van der Waals surface area contributed by atoms with Crippen LogP contribution in [0.25, 0.3) is 28.4 Å². The van der Waals surface area contributed by atoms with Crippen molar-refractivity contribution in [1.82, 2.24) is 38.7 Å². The Labute approximate surface area is 234 Å². The Bertz CT molecular complexity index is 1810. The molecule has 1 N–H and O–H groups in total. The SMILES string of the molecule is COc1cc(C(F)(F)F)nn1-c1ccc(Cn2c(=N)n(CC(F)(F)F)c3cnc(-c4c(C)cnn4C(C)C)nc32)cc1. The molecule has 0 aliphatic heterocycles. The average Bonchev–Trinajstić information content (AvgIpc) is 3.59. The summed E-state index contributed by atoms with van der Waals surface area (Å²) < 4.78 is 89.8. The number of alkyl halides is 6. The molecule has 4 heterocycles. The zero-order valence-electron chi connectivity index (χ0n) is 22.8. The van der Waals surface area contributed by atoms with E-state index >= 15 is 0 Å². The van der Waals surface area contributed by atoms with Crippen LogP contribution in [-0.2, 0) is 19.3 Å². The first-order chi connectivity index (χ1) is 19.7. The van der Waals surface area contributed by atoms with Crippen molar-refractivity contribution in [1.29, 1.82) is 5.41 Å². The van der Waals surface area contributed by atoms with Crippen molar-refractivity contribution in [3.05, 3.63) is 65.2 Å². The summed E-state index contributed by atoms with van der Waals surface area (Å²) >= 11 is 0. The summed E-state index contributed by atoms with van der Waals surface area (Å²) in [5, 5.41) is 16.5. The van der Waals surface area contributed by atoms with Gasteiger partial charge in [-0.3, -0.25) is 19.2 Å². The van der Waals surface area contributed by atoms with Gasteiger partial charge in [-0.2, -0.15) is 36.5 Å². The van der Waals surface area contributed by atoms with Crippen LogP contribution in [0.4, 0.5) is 26.3 Å². The van der Waals surface area contributed by atoms with Gasteiger partial charge in [0.05, 0.1) is 31.7 Å². The zero-order valence-corrected chi connectivity index (χ0v) is 22.8. The van der Waals surface area contributed by atoms with E-state index in [2.05, 4.69) is 20.2 Å². The van der Waals surface area contributed by atoms with Gasteiger partial charge in [-0.1, -0.05) is 12.1 Å². The molecule has 0 aliphatic rings. The first-order valence-corrected chi connectivity index (χ1v) is 12.6. The van der Waals surface area contributed by atoms with Crippen LogP contribution < -0.4 is 10.4 Å². The van der Waals surface area contributed by atoms with Crippen molar-refractivity contribution in [3.8, 4) is 23.1 Å². The molecular formula is C26H25F6N9O. The number of imidazole rings is 1. The highest BCUT2D eigenvalue weighted by Crippen LogP contribution is 2.32. The maximum Gasteiger partial charge on any atom is 0.435 e. The van der Waals surface area contributed by atoms with Gasteiger partial charge in [-0.25, -0.2) is 14.6 Å². The fraction of sp³-hybridized carbons (Fsp3) is 0.346. The molecule has 10 nitrogen and oxygen atoms in total. The molecule has 0 fully saturated rings. The Hall–Kier alpha value is -4.63. The molecule has 0 spiro atoms. The van der Waals surface area contributed by atoms with E-state index in [1.54, 1.807) is 23.0 Å². The van der Waals surface area contributed by atoms with E-state index in [1.807, 2.05) is 20.8 Å². The average molecular weight is 594 g/mol. The van der Waals surface area contributed by atoms with Gasteiger partial charge < -0.3 is 4.74 Å². The minimum absolute atomic E-state index is 0.0203. The van der Waals surface area contributed by atoms with Crippen LogP contribution in [0.5, 0.6) is 5.88 Å². The lowest BCUT2D eigenvalue weighted by Gasteiger charge is -2.11. The number of aromatic nitrogens is 8. The van der Waals surface area contributed by atoms with Crippen LogP contribution in [-0.4, -0.2) is 51.9 Å². The molecule has 0 unspecified atom stereocenters. The number of hydrogen-bond donors (Lipinski definition) is 1. The van der Waals surface area contributed by atoms with Gasteiger partial charge in [0.25, 0.3) is 0 Å². The highest BCUT2D eigenvalue weighted by atomic mass is 19.4. The standard InChI is InChI=1S/C26H25F6N9O/c1-14(2)40-21(15(3)10-35-40)22-34-11-18-23(36-22)38(24(33)39(18)13-25(27,28)29)12-16-5-7-17(8-6-16)41-20(42-4)9-19(37-41)26(30,31)32/h5-11,14,33H,12-13H2,1-4H3. The molecule has 16 heteroatoms. The van der Waals surface area contributed by atoms with Gasteiger partial charge in [0.1, 0.15) is 17.8 Å². The second-order valence-electron chi connectivity index (χ2n) is 9.88. The lowest BCUT2D eigenvalue weighted by atomic mass is 10.2. The largest absolute Gasteiger partial charge is 0.481 e. The van der Waals surface area contributed by atoms with Crippen molar-refractivity contribution in [3.63, 3.8) is 0 Å². The molecule has 42 heavy (non-hydrogen) atoms. The van der Waals surface area contributed by atoms with E-state index in [1.165, 1.54) is 30.0 Å². The maximum absolute atomic E-state index is 13.5. The number of halogens is 6. The Morgan fingerprint density at radius 1 is 1.00 bits per heavy atom. The number of methoxy groups -OCH3 is 1. The second-order valence-corrected chi connectivity index (χ2v) is 9.88. The van der Waals surface area contributed by atoms with Crippen molar-refractivity contribution in [2.24, 2.45) is 0 Å². The lowest BCUT2D eigenvalue weighted by Crippen LogP contribution is -2.30. The molecule has 4 aromatic heterocycles. The Morgan fingerprint density at radius 3 is 2.29 bits per heavy atom. The maximum atomic E-state index is 13.5. The molecule has 0 saturated heterocycles. The number of hydrogen-bond acceptors (Lipinski definition) is 6. The summed E-state index contributed by atoms with van der Waals surface area (Å²) in [5.74, 6) is 0.110. The summed E-state index contributed by atoms with van der Waals surface area (Å²) in [6.45, 7) is 4.19. The van der Waals surface area contributed by atoms with Crippen molar-refractivity contribution in [2.75, 3.05) is 7.11 Å². The van der Waals surface area contributed by atoms with Gasteiger partial charge in [0.2, 0.25) is 11.5 Å². The summed E-state index contributed by atoms with van der Waals surface area (Å²) in [6.07, 6.45) is -6.36. The quantitative estimate of drug-likeness (QED) is 0.259. The molecule has 0 aliphatic carbocycles. The molecule has 5 aromatic rings. The van der Waals surface area contributed by atoms with Gasteiger partial charge in [-0.15, -0.1) is 0 Å². The second kappa shape index (κ2) is 10.3. The third-order valence-electron chi connectivity index (χ3n) is 6.52. The van der Waals surface area contributed by atoms with Gasteiger partial charge in [-0.05, 0) is 44.0 Å². The zero-order chi connectivity index (χ0) is 30.6. The van der Waals surface area contributed by atoms with E-state index < -0.39 is 30.2 Å². The van der Waals surface area contributed by atoms with Gasteiger partial charge in [0, 0.05) is 12.1 Å². The van der Waals surface area contributed by atoms with Crippen molar-refractivity contribution < 1.29 is 31.1 Å². The third-order valence-corrected chi connectivity index (χ3v) is 6.52. The van der Waals surface area contributed by atoms with Crippen molar-refractivity contribution >= 4 is 11.2 Å². The topological polar surface area (TPSA) is 104 Å². The van der Waals surface area contributed by atoms with Crippen LogP contribution in [0.2, 0.25) is 0 Å². The molecule has 0 atom stereocenters. The normalized spacial score (nSPS) is 12.5. The smallest absolute Gasteiger partial charge is 0.435 e. The Kier molecular flexibility index (Phi) is 7.10. The van der Waals surface area contributed by atoms with Gasteiger partial charge in [0.15, 0.2) is 17.2 Å². The van der Waals surface area contributed by atoms with E-state index in [0.717, 1.165) is 20.9 Å². The van der Waals surface area contributed by atoms with Crippen LogP contribution in [0, 0.1) is 12.3 Å². The summed E-state index contributed by atoms with van der Waals surface area (Å²) in [6, 6.07) is 6.87. The number of aryl methyl sites for hydroxylation is 1. The fourth-order valence-electron chi connectivity index (χ4n) is 4.60. The number of nitrogens with one attached hydrogen (secondary N) is 1. The Balaban J connectivity index is 1.58. The number of nitrogens with zero attached hydrogens (tertiary/aromatic N) is 8. The molecule has 5 rings (SSSR count). The minimum Gasteiger partial charge on any atom is -0.481 e.